The number of para-hydroxylation sites is 1. The lowest BCUT2D eigenvalue weighted by atomic mass is 10.1. The molecule has 26 heavy (non-hydrogen) atoms. The van der Waals surface area contributed by atoms with Crippen LogP contribution in [-0.4, -0.2) is 16.0 Å². The van der Waals surface area contributed by atoms with Crippen molar-refractivity contribution in [1.82, 2.24) is 15.5 Å². The number of rotatable bonds is 6. The number of benzene rings is 2. The SMILES string of the molecule is Cc1ccc(C(C)NC(=O)c2ccccc2OCc2noc(C)n2)cc1. The zero-order valence-corrected chi connectivity index (χ0v) is 15.0. The Hall–Kier alpha value is -3.15. The lowest BCUT2D eigenvalue weighted by Crippen LogP contribution is -2.27. The molecule has 0 aliphatic heterocycles. The first-order valence-corrected chi connectivity index (χ1v) is 8.41. The van der Waals surface area contributed by atoms with Crippen LogP contribution in [0.25, 0.3) is 0 Å². The first-order chi connectivity index (χ1) is 12.5. The van der Waals surface area contributed by atoms with Gasteiger partial charge in [0.15, 0.2) is 6.61 Å². The van der Waals surface area contributed by atoms with Crippen molar-refractivity contribution in [2.24, 2.45) is 0 Å². The zero-order chi connectivity index (χ0) is 18.5. The Morgan fingerprint density at radius 2 is 1.88 bits per heavy atom. The van der Waals surface area contributed by atoms with Crippen LogP contribution in [0.1, 0.15) is 46.2 Å². The molecule has 6 nitrogen and oxygen atoms in total. The van der Waals surface area contributed by atoms with Crippen molar-refractivity contribution in [2.45, 2.75) is 33.4 Å². The van der Waals surface area contributed by atoms with Gasteiger partial charge in [0.25, 0.3) is 5.91 Å². The van der Waals surface area contributed by atoms with Gasteiger partial charge >= 0.3 is 0 Å². The summed E-state index contributed by atoms with van der Waals surface area (Å²) in [5.74, 6) is 1.19. The lowest BCUT2D eigenvalue weighted by Gasteiger charge is -2.16. The van der Waals surface area contributed by atoms with Crippen molar-refractivity contribution in [3.8, 4) is 5.75 Å². The van der Waals surface area contributed by atoms with E-state index in [1.165, 1.54) is 5.56 Å². The van der Waals surface area contributed by atoms with Crippen LogP contribution < -0.4 is 10.1 Å². The Morgan fingerprint density at radius 3 is 2.58 bits per heavy atom. The first-order valence-electron chi connectivity index (χ1n) is 8.41. The highest BCUT2D eigenvalue weighted by Crippen LogP contribution is 2.21. The predicted molar refractivity (Wildman–Crippen MR) is 96.9 cm³/mol. The second-order valence-electron chi connectivity index (χ2n) is 6.12. The topological polar surface area (TPSA) is 77.2 Å². The van der Waals surface area contributed by atoms with Gasteiger partial charge in [-0.25, -0.2) is 0 Å². The molecule has 134 valence electrons. The second-order valence-corrected chi connectivity index (χ2v) is 6.12. The molecular formula is C20H21N3O3. The molecule has 0 radical (unpaired) electrons. The van der Waals surface area contributed by atoms with Crippen molar-refractivity contribution in [3.05, 3.63) is 76.9 Å². The summed E-state index contributed by atoms with van der Waals surface area (Å²) < 4.78 is 10.6. The summed E-state index contributed by atoms with van der Waals surface area (Å²) in [7, 11) is 0. The molecule has 1 aromatic heterocycles. The molecule has 0 saturated carbocycles. The summed E-state index contributed by atoms with van der Waals surface area (Å²) in [5, 5.41) is 6.79. The van der Waals surface area contributed by atoms with Gasteiger partial charge in [-0.2, -0.15) is 4.98 Å². The minimum Gasteiger partial charge on any atom is -0.485 e. The number of aromatic nitrogens is 2. The van der Waals surface area contributed by atoms with Crippen LogP contribution in [0.5, 0.6) is 5.75 Å². The molecule has 1 N–H and O–H groups in total. The number of amides is 1. The van der Waals surface area contributed by atoms with E-state index in [0.29, 0.717) is 23.0 Å². The number of nitrogens with zero attached hydrogens (tertiary/aromatic N) is 2. The predicted octanol–water partition coefficient (Wildman–Crippen LogP) is 3.76. The number of hydrogen-bond acceptors (Lipinski definition) is 5. The molecule has 6 heteroatoms. The van der Waals surface area contributed by atoms with Crippen LogP contribution in [0.15, 0.2) is 53.1 Å². The van der Waals surface area contributed by atoms with E-state index in [1.54, 1.807) is 25.1 Å². The van der Waals surface area contributed by atoms with E-state index < -0.39 is 0 Å². The summed E-state index contributed by atoms with van der Waals surface area (Å²) in [6.45, 7) is 5.83. The summed E-state index contributed by atoms with van der Waals surface area (Å²) in [4.78, 5) is 16.8. The molecule has 0 aliphatic rings. The summed E-state index contributed by atoms with van der Waals surface area (Å²) in [5.41, 5.74) is 2.69. The molecule has 3 rings (SSSR count). The Bertz CT molecular complexity index is 887. The molecule has 1 unspecified atom stereocenters. The molecule has 3 aromatic rings. The normalized spacial score (nSPS) is 11.8. The smallest absolute Gasteiger partial charge is 0.255 e. The van der Waals surface area contributed by atoms with Gasteiger partial charge in [-0.15, -0.1) is 0 Å². The maximum absolute atomic E-state index is 12.7. The monoisotopic (exact) mass is 351 g/mol. The molecule has 0 fully saturated rings. The van der Waals surface area contributed by atoms with Crippen molar-refractivity contribution in [1.29, 1.82) is 0 Å². The zero-order valence-electron chi connectivity index (χ0n) is 15.0. The number of nitrogens with one attached hydrogen (secondary N) is 1. The fourth-order valence-corrected chi connectivity index (χ4v) is 2.54. The fraction of sp³-hybridized carbons (Fsp3) is 0.250. The van der Waals surface area contributed by atoms with Crippen LogP contribution in [0.2, 0.25) is 0 Å². The highest BCUT2D eigenvalue weighted by atomic mass is 16.5. The lowest BCUT2D eigenvalue weighted by molar-refractivity contribution is 0.0935. The van der Waals surface area contributed by atoms with Gasteiger partial charge in [0.2, 0.25) is 11.7 Å². The summed E-state index contributed by atoms with van der Waals surface area (Å²) in [6.07, 6.45) is 0. The maximum atomic E-state index is 12.7. The third-order valence-electron chi connectivity index (χ3n) is 3.98. The first kappa shape index (κ1) is 17.7. The number of ether oxygens (including phenoxy) is 1. The van der Waals surface area contributed by atoms with Crippen molar-refractivity contribution < 1.29 is 14.1 Å². The Morgan fingerprint density at radius 1 is 1.15 bits per heavy atom. The van der Waals surface area contributed by atoms with Gasteiger partial charge in [-0.1, -0.05) is 47.1 Å². The molecule has 0 spiro atoms. The molecule has 0 saturated heterocycles. The number of carbonyl (C=O) groups excluding carboxylic acids is 1. The molecule has 0 bridgehead atoms. The van der Waals surface area contributed by atoms with Crippen LogP contribution in [0.4, 0.5) is 0 Å². The van der Waals surface area contributed by atoms with E-state index in [-0.39, 0.29) is 18.6 Å². The molecule has 1 amide bonds. The average Bonchev–Trinajstić information content (AvgIpc) is 3.06. The fourth-order valence-electron chi connectivity index (χ4n) is 2.54. The Balaban J connectivity index is 1.69. The van der Waals surface area contributed by atoms with E-state index >= 15 is 0 Å². The van der Waals surface area contributed by atoms with Gasteiger partial charge in [0.05, 0.1) is 11.6 Å². The van der Waals surface area contributed by atoms with E-state index in [4.69, 9.17) is 9.26 Å². The van der Waals surface area contributed by atoms with Crippen molar-refractivity contribution in [2.75, 3.05) is 0 Å². The minimum absolute atomic E-state index is 0.115. The largest absolute Gasteiger partial charge is 0.485 e. The average molecular weight is 351 g/mol. The van der Waals surface area contributed by atoms with Gasteiger partial charge in [0.1, 0.15) is 5.75 Å². The van der Waals surface area contributed by atoms with E-state index in [2.05, 4.69) is 15.5 Å². The Kier molecular flexibility index (Phi) is 5.31. The molecule has 1 atom stereocenters. The van der Waals surface area contributed by atoms with Crippen LogP contribution in [-0.2, 0) is 6.61 Å². The van der Waals surface area contributed by atoms with Gasteiger partial charge in [-0.3, -0.25) is 4.79 Å². The van der Waals surface area contributed by atoms with Crippen LogP contribution in [0.3, 0.4) is 0 Å². The van der Waals surface area contributed by atoms with E-state index in [9.17, 15) is 4.79 Å². The third-order valence-corrected chi connectivity index (χ3v) is 3.98. The number of hydrogen-bond donors (Lipinski definition) is 1. The van der Waals surface area contributed by atoms with Crippen molar-refractivity contribution >= 4 is 5.91 Å². The van der Waals surface area contributed by atoms with Gasteiger partial charge in [0, 0.05) is 6.92 Å². The Labute approximate surface area is 152 Å². The highest BCUT2D eigenvalue weighted by molar-refractivity contribution is 5.97. The molecule has 2 aromatic carbocycles. The van der Waals surface area contributed by atoms with E-state index in [0.717, 1.165) is 5.56 Å². The van der Waals surface area contributed by atoms with Gasteiger partial charge < -0.3 is 14.6 Å². The van der Waals surface area contributed by atoms with Gasteiger partial charge in [-0.05, 0) is 31.5 Å². The third kappa shape index (κ3) is 4.27. The highest BCUT2D eigenvalue weighted by Gasteiger charge is 2.16. The minimum atomic E-state index is -0.196. The number of aryl methyl sites for hydroxylation is 2. The quantitative estimate of drug-likeness (QED) is 0.732. The van der Waals surface area contributed by atoms with Crippen LogP contribution >= 0.6 is 0 Å². The van der Waals surface area contributed by atoms with Crippen LogP contribution in [0, 0.1) is 13.8 Å². The molecule has 0 aliphatic carbocycles. The second kappa shape index (κ2) is 7.82. The summed E-state index contributed by atoms with van der Waals surface area (Å²) >= 11 is 0. The number of carbonyl (C=O) groups is 1. The molecular weight excluding hydrogens is 330 g/mol. The standard InChI is InChI=1S/C20H21N3O3/c1-13-8-10-16(11-9-13)14(2)21-20(24)17-6-4-5-7-18(17)25-12-19-22-15(3)26-23-19/h4-11,14H,12H2,1-3H3,(H,21,24). The summed E-state index contributed by atoms with van der Waals surface area (Å²) in [6, 6.07) is 15.1. The van der Waals surface area contributed by atoms with E-state index in [1.807, 2.05) is 44.2 Å². The maximum Gasteiger partial charge on any atom is 0.255 e. The van der Waals surface area contributed by atoms with Crippen molar-refractivity contribution in [3.63, 3.8) is 0 Å². The molecule has 1 heterocycles.